The fourth-order valence-electron chi connectivity index (χ4n) is 6.03. The van der Waals surface area contributed by atoms with Crippen molar-refractivity contribution >= 4 is 5.91 Å². The number of hydrogen-bond acceptors (Lipinski definition) is 3. The molecular formula is C31H40N2O2. The van der Waals surface area contributed by atoms with Gasteiger partial charge in [-0.25, -0.2) is 0 Å². The molecule has 2 heterocycles. The number of nitrogens with zero attached hydrogens (tertiary/aromatic N) is 1. The molecule has 4 nitrogen and oxygen atoms in total. The summed E-state index contributed by atoms with van der Waals surface area (Å²) in [5.74, 6) is 2.31. The standard InChI is InChI=1S/C31H40N2O2/c1-22(2)24-11-13-25(14-12-24)31(34)32-28-15-9-23(10-16-28)17-19-33-18-4-3-7-29(33)27-20-26-6-5-8-30(26)35-21-27/h5-6,8,11-14,20-23,28-29H,3-4,7,9-10,15-19H2,1-2H3,(H,32,34)/t23-,28-,29?. The molecule has 4 heteroatoms. The first kappa shape index (κ1) is 24.1. The lowest BCUT2D eigenvalue weighted by atomic mass is 9.83. The van der Waals surface area contributed by atoms with E-state index in [-0.39, 0.29) is 5.91 Å². The van der Waals surface area contributed by atoms with Crippen molar-refractivity contribution in [1.29, 1.82) is 0 Å². The van der Waals surface area contributed by atoms with Crippen LogP contribution in [0.4, 0.5) is 0 Å². The van der Waals surface area contributed by atoms with Crippen LogP contribution in [-0.2, 0) is 0 Å². The van der Waals surface area contributed by atoms with E-state index < -0.39 is 0 Å². The van der Waals surface area contributed by atoms with Gasteiger partial charge < -0.3 is 9.73 Å². The van der Waals surface area contributed by atoms with Gasteiger partial charge in [0.1, 0.15) is 5.76 Å². The minimum absolute atomic E-state index is 0.0760. The van der Waals surface area contributed by atoms with Crippen LogP contribution in [0.1, 0.15) is 98.7 Å². The molecular weight excluding hydrogens is 432 g/mol. The van der Waals surface area contributed by atoms with E-state index in [1.807, 2.05) is 24.5 Å². The number of piperidine rings is 1. The van der Waals surface area contributed by atoms with E-state index in [0.717, 1.165) is 36.6 Å². The van der Waals surface area contributed by atoms with Gasteiger partial charge in [0.2, 0.25) is 0 Å². The Morgan fingerprint density at radius 1 is 1.03 bits per heavy atom. The fraction of sp³-hybridized carbons (Fsp3) is 0.516. The lowest BCUT2D eigenvalue weighted by Gasteiger charge is -2.37. The Kier molecular flexibility index (Phi) is 7.57. The fourth-order valence-corrected chi connectivity index (χ4v) is 6.03. The van der Waals surface area contributed by atoms with Crippen LogP contribution in [0.3, 0.4) is 0 Å². The van der Waals surface area contributed by atoms with Crippen LogP contribution in [0.2, 0.25) is 0 Å². The Bertz CT molecular complexity index is 1060. The molecule has 1 atom stereocenters. The largest absolute Gasteiger partial charge is 0.464 e. The monoisotopic (exact) mass is 472 g/mol. The molecule has 0 aromatic heterocycles. The van der Waals surface area contributed by atoms with E-state index >= 15 is 0 Å². The molecule has 0 radical (unpaired) electrons. The summed E-state index contributed by atoms with van der Waals surface area (Å²) in [5, 5.41) is 3.29. The van der Waals surface area contributed by atoms with Crippen LogP contribution < -0.4 is 5.32 Å². The zero-order chi connectivity index (χ0) is 24.2. The average molecular weight is 473 g/mol. The highest BCUT2D eigenvalue weighted by Crippen LogP contribution is 2.36. The van der Waals surface area contributed by atoms with E-state index in [1.165, 1.54) is 61.8 Å². The lowest BCUT2D eigenvalue weighted by molar-refractivity contribution is 0.0915. The number of amides is 1. The molecule has 1 saturated carbocycles. The Labute approximate surface area is 210 Å². The highest BCUT2D eigenvalue weighted by molar-refractivity contribution is 5.94. The summed E-state index contributed by atoms with van der Waals surface area (Å²) in [4.78, 5) is 15.4. The highest BCUT2D eigenvalue weighted by atomic mass is 16.3. The summed E-state index contributed by atoms with van der Waals surface area (Å²) in [7, 11) is 0. The molecule has 0 bridgehead atoms. The van der Waals surface area contributed by atoms with E-state index in [4.69, 9.17) is 4.42 Å². The van der Waals surface area contributed by atoms with Crippen LogP contribution in [-0.4, -0.2) is 29.9 Å². The van der Waals surface area contributed by atoms with Gasteiger partial charge in [-0.3, -0.25) is 9.69 Å². The molecule has 0 spiro atoms. The predicted octanol–water partition coefficient (Wildman–Crippen LogP) is 7.41. The zero-order valence-electron chi connectivity index (χ0n) is 21.3. The number of likely N-dealkylation sites (tertiary alicyclic amines) is 1. The van der Waals surface area contributed by atoms with E-state index in [1.54, 1.807) is 0 Å². The molecule has 2 aliphatic carbocycles. The van der Waals surface area contributed by atoms with Crippen molar-refractivity contribution in [3.63, 3.8) is 0 Å². The van der Waals surface area contributed by atoms with Gasteiger partial charge in [0, 0.05) is 28.8 Å². The Morgan fingerprint density at radius 3 is 2.60 bits per heavy atom. The number of hydrogen-bond donors (Lipinski definition) is 1. The van der Waals surface area contributed by atoms with Crippen LogP contribution in [0.5, 0.6) is 0 Å². The summed E-state index contributed by atoms with van der Waals surface area (Å²) >= 11 is 0. The van der Waals surface area contributed by atoms with E-state index in [0.29, 0.717) is 18.0 Å². The molecule has 2 aliphatic heterocycles. The quantitative estimate of drug-likeness (QED) is 0.389. The van der Waals surface area contributed by atoms with Crippen LogP contribution >= 0.6 is 0 Å². The van der Waals surface area contributed by atoms with Crippen molar-refractivity contribution in [2.75, 3.05) is 13.1 Å². The number of carbonyl (C=O) groups excluding carboxylic acids is 1. The number of rotatable bonds is 7. The average Bonchev–Trinajstić information content (AvgIpc) is 3.36. The zero-order valence-corrected chi connectivity index (χ0v) is 21.3. The van der Waals surface area contributed by atoms with Gasteiger partial charge in [0.25, 0.3) is 5.91 Å². The van der Waals surface area contributed by atoms with Crippen molar-refractivity contribution in [1.82, 2.24) is 10.2 Å². The van der Waals surface area contributed by atoms with Gasteiger partial charge in [0.05, 0.1) is 6.26 Å². The molecule has 1 aromatic carbocycles. The van der Waals surface area contributed by atoms with Crippen molar-refractivity contribution in [2.45, 2.75) is 83.2 Å². The van der Waals surface area contributed by atoms with Crippen molar-refractivity contribution in [2.24, 2.45) is 5.92 Å². The Hall–Kier alpha value is -2.59. The maximum Gasteiger partial charge on any atom is 0.251 e. The molecule has 1 saturated heterocycles. The first-order valence-electron chi connectivity index (χ1n) is 13.7. The van der Waals surface area contributed by atoms with Gasteiger partial charge in [-0.2, -0.15) is 0 Å². The second kappa shape index (κ2) is 11.0. The summed E-state index contributed by atoms with van der Waals surface area (Å²) in [6.07, 6.45) is 11.7. The van der Waals surface area contributed by atoms with Crippen molar-refractivity contribution in [3.05, 3.63) is 71.5 Å². The van der Waals surface area contributed by atoms with Crippen LogP contribution in [0, 0.1) is 5.92 Å². The summed E-state index contributed by atoms with van der Waals surface area (Å²) in [6.45, 7) is 6.70. The van der Waals surface area contributed by atoms with Crippen LogP contribution in [0.25, 0.3) is 11.3 Å². The molecule has 4 aliphatic rings. The third-order valence-electron chi connectivity index (χ3n) is 8.30. The second-order valence-corrected chi connectivity index (χ2v) is 11.0. The number of nitrogens with one attached hydrogen (secondary N) is 1. The Morgan fingerprint density at radius 2 is 1.83 bits per heavy atom. The van der Waals surface area contributed by atoms with Crippen molar-refractivity contribution < 1.29 is 9.21 Å². The number of fused-ring (bicyclic) bond motifs is 1. The third-order valence-corrected chi connectivity index (χ3v) is 8.30. The number of benzene rings is 1. The predicted molar refractivity (Wildman–Crippen MR) is 142 cm³/mol. The minimum atomic E-state index is 0.0760. The molecule has 186 valence electrons. The molecule has 1 unspecified atom stereocenters. The molecule has 1 aromatic rings. The molecule has 1 N–H and O–H groups in total. The van der Waals surface area contributed by atoms with E-state index in [9.17, 15) is 4.79 Å². The molecule has 1 amide bonds. The molecule has 35 heavy (non-hydrogen) atoms. The van der Waals surface area contributed by atoms with Gasteiger partial charge >= 0.3 is 0 Å². The van der Waals surface area contributed by atoms with Crippen molar-refractivity contribution in [3.8, 4) is 11.3 Å². The first-order chi connectivity index (χ1) is 17.1. The van der Waals surface area contributed by atoms with Gasteiger partial charge in [-0.15, -0.1) is 0 Å². The first-order valence-corrected chi connectivity index (χ1v) is 13.7. The topological polar surface area (TPSA) is 45.5 Å². The molecule has 2 fully saturated rings. The summed E-state index contributed by atoms with van der Waals surface area (Å²) < 4.78 is 5.91. The van der Waals surface area contributed by atoms with Gasteiger partial charge in [-0.05, 0) is 99.7 Å². The molecule has 5 rings (SSSR count). The number of carbonyl (C=O) groups is 1. The Balaban J connectivity index is 1.10. The summed E-state index contributed by atoms with van der Waals surface area (Å²) in [5.41, 5.74) is 4.60. The third kappa shape index (κ3) is 5.81. The summed E-state index contributed by atoms with van der Waals surface area (Å²) in [6, 6.07) is 17.5. The normalized spacial score (nSPS) is 23.6. The maximum absolute atomic E-state index is 12.7. The smallest absolute Gasteiger partial charge is 0.251 e. The highest BCUT2D eigenvalue weighted by Gasteiger charge is 2.28. The van der Waals surface area contributed by atoms with Gasteiger partial charge in [-0.1, -0.05) is 44.5 Å². The van der Waals surface area contributed by atoms with E-state index in [2.05, 4.69) is 54.4 Å². The minimum Gasteiger partial charge on any atom is -0.464 e. The second-order valence-electron chi connectivity index (χ2n) is 11.0. The SMILES string of the molecule is CC(C)c1ccc(C(=O)N[C@H]2CC[C@H](CCN3CCCCC3c3coc4cccc-4c3)CC2)cc1. The lowest BCUT2D eigenvalue weighted by Crippen LogP contribution is -2.39. The van der Waals surface area contributed by atoms with Crippen LogP contribution in [0.15, 0.2) is 59.2 Å². The van der Waals surface area contributed by atoms with Gasteiger partial charge in [0.15, 0.2) is 0 Å². The maximum atomic E-state index is 12.7.